The van der Waals surface area contributed by atoms with Gasteiger partial charge in [0.15, 0.2) is 5.16 Å². The van der Waals surface area contributed by atoms with Gasteiger partial charge in [-0.15, -0.1) is 5.10 Å². The van der Waals surface area contributed by atoms with Crippen molar-refractivity contribution in [3.63, 3.8) is 0 Å². The van der Waals surface area contributed by atoms with Crippen molar-refractivity contribution in [2.45, 2.75) is 24.8 Å². The molecule has 0 radical (unpaired) electrons. The average Bonchev–Trinajstić information content (AvgIpc) is 2.68. The normalized spacial score (nSPS) is 11.8. The molecule has 10 heteroatoms. The topological polar surface area (TPSA) is 76.5 Å². The predicted octanol–water partition coefficient (Wildman–Crippen LogP) is 1.46. The molecule has 0 aliphatic rings. The van der Waals surface area contributed by atoms with Crippen LogP contribution in [-0.4, -0.2) is 31.0 Å². The van der Waals surface area contributed by atoms with Crippen molar-refractivity contribution in [3.8, 4) is 0 Å². The van der Waals surface area contributed by atoms with E-state index in [0.29, 0.717) is 5.16 Å². The number of aromatic nitrogens is 5. The van der Waals surface area contributed by atoms with E-state index in [4.69, 9.17) is 0 Å². The number of H-pyrrole nitrogens is 1. The minimum atomic E-state index is -4.62. The number of hydrogen-bond acceptors (Lipinski definition) is 5. The Kier molecular flexibility index (Phi) is 3.84. The molecule has 2 rings (SSSR count). The Morgan fingerprint density at radius 2 is 2.10 bits per heavy atom. The SMILES string of the molecule is CSc1nn(Cc2cc(C)nc(C(F)(F)F)n2)c(=O)[nH]1. The number of hydrogen-bond donors (Lipinski definition) is 1. The summed E-state index contributed by atoms with van der Waals surface area (Å²) < 4.78 is 38.8. The third kappa shape index (κ3) is 3.18. The minimum Gasteiger partial charge on any atom is -0.284 e. The first kappa shape index (κ1) is 14.6. The summed E-state index contributed by atoms with van der Waals surface area (Å²) in [5.41, 5.74) is -0.249. The predicted molar refractivity (Wildman–Crippen MR) is 65.5 cm³/mol. The van der Waals surface area contributed by atoms with Crippen LogP contribution in [0.3, 0.4) is 0 Å². The average molecular weight is 305 g/mol. The largest absolute Gasteiger partial charge is 0.451 e. The molecule has 2 aromatic rings. The number of aromatic amines is 1. The molecule has 0 atom stereocenters. The van der Waals surface area contributed by atoms with Crippen LogP contribution in [0.2, 0.25) is 0 Å². The molecule has 108 valence electrons. The van der Waals surface area contributed by atoms with Crippen LogP contribution in [0.5, 0.6) is 0 Å². The van der Waals surface area contributed by atoms with Gasteiger partial charge in [0.2, 0.25) is 5.82 Å². The van der Waals surface area contributed by atoms with Crippen LogP contribution >= 0.6 is 11.8 Å². The van der Waals surface area contributed by atoms with Crippen molar-refractivity contribution < 1.29 is 13.2 Å². The van der Waals surface area contributed by atoms with Gasteiger partial charge in [0, 0.05) is 5.69 Å². The van der Waals surface area contributed by atoms with Crippen molar-refractivity contribution >= 4 is 11.8 Å². The van der Waals surface area contributed by atoms with Gasteiger partial charge in [0.1, 0.15) is 0 Å². The lowest BCUT2D eigenvalue weighted by molar-refractivity contribution is -0.145. The van der Waals surface area contributed by atoms with Crippen molar-refractivity contribution in [3.05, 3.63) is 33.8 Å². The molecule has 2 heterocycles. The zero-order chi connectivity index (χ0) is 14.9. The first-order chi connectivity index (χ1) is 9.29. The Morgan fingerprint density at radius 1 is 1.40 bits per heavy atom. The molecular weight excluding hydrogens is 295 g/mol. The molecule has 0 aromatic carbocycles. The van der Waals surface area contributed by atoms with E-state index in [9.17, 15) is 18.0 Å². The number of alkyl halides is 3. The maximum absolute atomic E-state index is 12.6. The monoisotopic (exact) mass is 305 g/mol. The highest BCUT2D eigenvalue weighted by Gasteiger charge is 2.35. The summed E-state index contributed by atoms with van der Waals surface area (Å²) in [4.78, 5) is 20.8. The van der Waals surface area contributed by atoms with E-state index >= 15 is 0 Å². The van der Waals surface area contributed by atoms with Crippen molar-refractivity contribution in [1.82, 2.24) is 24.7 Å². The number of aryl methyl sites for hydroxylation is 1. The molecule has 0 amide bonds. The Labute approximate surface area is 115 Å². The second-order valence-corrected chi connectivity index (χ2v) is 4.71. The zero-order valence-corrected chi connectivity index (χ0v) is 11.3. The molecule has 0 bridgehead atoms. The van der Waals surface area contributed by atoms with Gasteiger partial charge in [-0.3, -0.25) is 4.98 Å². The van der Waals surface area contributed by atoms with Gasteiger partial charge < -0.3 is 0 Å². The number of nitrogens with one attached hydrogen (secondary N) is 1. The first-order valence-electron chi connectivity index (χ1n) is 5.42. The summed E-state index contributed by atoms with van der Waals surface area (Å²) in [5, 5.41) is 4.30. The molecule has 1 N–H and O–H groups in total. The van der Waals surface area contributed by atoms with Crippen LogP contribution in [-0.2, 0) is 12.7 Å². The van der Waals surface area contributed by atoms with Crippen LogP contribution in [0.4, 0.5) is 13.2 Å². The lowest BCUT2D eigenvalue weighted by Crippen LogP contribution is -2.21. The highest BCUT2D eigenvalue weighted by Crippen LogP contribution is 2.26. The zero-order valence-electron chi connectivity index (χ0n) is 10.5. The molecule has 0 spiro atoms. The number of rotatable bonds is 3. The molecule has 0 aliphatic heterocycles. The molecule has 20 heavy (non-hydrogen) atoms. The molecule has 0 fully saturated rings. The molecule has 0 aliphatic carbocycles. The van der Waals surface area contributed by atoms with E-state index in [1.165, 1.54) is 24.8 Å². The number of thioether (sulfide) groups is 1. The minimum absolute atomic E-state index is 0.0751. The van der Waals surface area contributed by atoms with Crippen molar-refractivity contribution in [2.75, 3.05) is 6.26 Å². The highest BCUT2D eigenvalue weighted by molar-refractivity contribution is 7.98. The van der Waals surface area contributed by atoms with Gasteiger partial charge >= 0.3 is 11.9 Å². The van der Waals surface area contributed by atoms with Gasteiger partial charge in [0.05, 0.1) is 12.2 Å². The van der Waals surface area contributed by atoms with Crippen LogP contribution in [0, 0.1) is 6.92 Å². The lowest BCUT2D eigenvalue weighted by atomic mass is 10.3. The number of halogens is 3. The molecule has 0 saturated carbocycles. The Bertz CT molecular complexity index is 678. The van der Waals surface area contributed by atoms with Gasteiger partial charge in [0.25, 0.3) is 0 Å². The van der Waals surface area contributed by atoms with E-state index in [1.807, 2.05) is 0 Å². The highest BCUT2D eigenvalue weighted by atomic mass is 32.2. The summed E-state index contributed by atoms with van der Waals surface area (Å²) in [5.74, 6) is -1.22. The summed E-state index contributed by atoms with van der Waals surface area (Å²) >= 11 is 1.22. The van der Waals surface area contributed by atoms with E-state index in [2.05, 4.69) is 20.1 Å². The fourth-order valence-electron chi connectivity index (χ4n) is 1.53. The van der Waals surface area contributed by atoms with Gasteiger partial charge in [-0.25, -0.2) is 19.4 Å². The summed E-state index contributed by atoms with van der Waals surface area (Å²) in [6.07, 6.45) is -2.90. The second kappa shape index (κ2) is 5.27. The van der Waals surface area contributed by atoms with Gasteiger partial charge in [-0.05, 0) is 19.2 Å². The van der Waals surface area contributed by atoms with Crippen LogP contribution in [0.15, 0.2) is 16.0 Å². The second-order valence-electron chi connectivity index (χ2n) is 3.92. The first-order valence-corrected chi connectivity index (χ1v) is 6.65. The molecular formula is C10H10F3N5OS. The maximum Gasteiger partial charge on any atom is 0.451 e. The Balaban J connectivity index is 2.36. The fourth-order valence-corrected chi connectivity index (χ4v) is 1.90. The van der Waals surface area contributed by atoms with Gasteiger partial charge in [-0.2, -0.15) is 13.2 Å². The molecule has 6 nitrogen and oxygen atoms in total. The quantitative estimate of drug-likeness (QED) is 0.869. The molecule has 0 saturated heterocycles. The van der Waals surface area contributed by atoms with Crippen LogP contribution < -0.4 is 5.69 Å². The van der Waals surface area contributed by atoms with Crippen molar-refractivity contribution in [2.24, 2.45) is 0 Å². The summed E-state index contributed by atoms with van der Waals surface area (Å²) in [7, 11) is 0. The molecule has 0 unspecified atom stereocenters. The van der Waals surface area contributed by atoms with E-state index in [0.717, 1.165) is 4.68 Å². The van der Waals surface area contributed by atoms with Gasteiger partial charge in [-0.1, -0.05) is 11.8 Å². The smallest absolute Gasteiger partial charge is 0.284 e. The van der Waals surface area contributed by atoms with Crippen LogP contribution in [0.25, 0.3) is 0 Å². The maximum atomic E-state index is 12.6. The van der Waals surface area contributed by atoms with E-state index < -0.39 is 17.7 Å². The fraction of sp³-hybridized carbons (Fsp3) is 0.400. The third-order valence-corrected chi connectivity index (χ3v) is 2.90. The van der Waals surface area contributed by atoms with E-state index in [-0.39, 0.29) is 17.9 Å². The van der Waals surface area contributed by atoms with E-state index in [1.54, 1.807) is 6.26 Å². The lowest BCUT2D eigenvalue weighted by Gasteiger charge is -2.08. The number of nitrogens with zero attached hydrogens (tertiary/aromatic N) is 4. The Hall–Kier alpha value is -1.84. The van der Waals surface area contributed by atoms with Crippen LogP contribution in [0.1, 0.15) is 17.2 Å². The summed E-state index contributed by atoms with van der Waals surface area (Å²) in [6, 6.07) is 1.38. The standard InChI is InChI=1S/C10H10F3N5OS/c1-5-3-6(15-7(14-5)10(11,12)13)4-18-9(19)16-8(17-18)20-2/h3H,4H2,1-2H3,(H,16,17,19). The third-order valence-electron chi connectivity index (χ3n) is 2.33. The van der Waals surface area contributed by atoms with Crippen molar-refractivity contribution in [1.29, 1.82) is 0 Å². The Morgan fingerprint density at radius 3 is 2.65 bits per heavy atom. The molecule has 2 aromatic heterocycles. The summed E-state index contributed by atoms with van der Waals surface area (Å²) in [6.45, 7) is 1.28.